The van der Waals surface area contributed by atoms with Crippen LogP contribution >= 0.6 is 0 Å². The standard InChI is InChI=1S/C25H31FN2O2/c26-20-6-3-17(4-7-20)23-21-9-13-25(11-1-2-12-25)15-18(21)10-14-28(23)24(29)30-16-19-5-8-22(19)27/h3-4,6-7,9,13,19,22-23H,1-2,5,8,10-12,14-16,27H2/t19-,22-,23-/m0/s1. The molecule has 0 radical (unpaired) electrons. The molecule has 4 nitrogen and oxygen atoms in total. The van der Waals surface area contributed by atoms with E-state index in [1.165, 1.54) is 49.0 Å². The van der Waals surface area contributed by atoms with E-state index in [9.17, 15) is 9.18 Å². The van der Waals surface area contributed by atoms with Gasteiger partial charge in [-0.1, -0.05) is 42.7 Å². The summed E-state index contributed by atoms with van der Waals surface area (Å²) in [5.74, 6) is 0.00976. The Morgan fingerprint density at radius 1 is 1.20 bits per heavy atom. The molecule has 1 aromatic carbocycles. The van der Waals surface area contributed by atoms with E-state index in [4.69, 9.17) is 10.5 Å². The highest BCUT2D eigenvalue weighted by molar-refractivity contribution is 5.70. The van der Waals surface area contributed by atoms with E-state index in [-0.39, 0.29) is 29.9 Å². The van der Waals surface area contributed by atoms with Crippen LogP contribution in [-0.4, -0.2) is 30.2 Å². The Bertz CT molecular complexity index is 870. The topological polar surface area (TPSA) is 55.6 Å². The lowest BCUT2D eigenvalue weighted by Gasteiger charge is -2.42. The molecule has 2 fully saturated rings. The molecule has 5 heteroatoms. The molecule has 2 N–H and O–H groups in total. The molecule has 0 bridgehead atoms. The maximum absolute atomic E-state index is 13.6. The summed E-state index contributed by atoms with van der Waals surface area (Å²) in [5, 5.41) is 0. The summed E-state index contributed by atoms with van der Waals surface area (Å²) in [7, 11) is 0. The van der Waals surface area contributed by atoms with Crippen molar-refractivity contribution in [3.8, 4) is 0 Å². The van der Waals surface area contributed by atoms with Crippen molar-refractivity contribution in [2.24, 2.45) is 17.1 Å². The largest absolute Gasteiger partial charge is 0.449 e. The first-order valence-electron chi connectivity index (χ1n) is 11.4. The first kappa shape index (κ1) is 19.8. The molecule has 1 amide bonds. The predicted molar refractivity (Wildman–Crippen MR) is 114 cm³/mol. The van der Waals surface area contributed by atoms with E-state index in [0.717, 1.165) is 31.2 Å². The number of carbonyl (C=O) groups excluding carboxylic acids is 1. The van der Waals surface area contributed by atoms with Gasteiger partial charge in [0, 0.05) is 18.5 Å². The summed E-state index contributed by atoms with van der Waals surface area (Å²) in [6, 6.07) is 6.48. The minimum absolute atomic E-state index is 0.144. The molecule has 160 valence electrons. The summed E-state index contributed by atoms with van der Waals surface area (Å²) >= 11 is 0. The predicted octanol–water partition coefficient (Wildman–Crippen LogP) is 5.26. The molecule has 0 aromatic heterocycles. The monoisotopic (exact) mass is 410 g/mol. The average Bonchev–Trinajstić information content (AvgIpc) is 3.20. The Labute approximate surface area is 178 Å². The molecule has 0 saturated heterocycles. The van der Waals surface area contributed by atoms with Crippen LogP contribution < -0.4 is 5.73 Å². The van der Waals surface area contributed by atoms with Crippen LogP contribution in [0, 0.1) is 17.2 Å². The summed E-state index contributed by atoms with van der Waals surface area (Å²) in [6.45, 7) is 1.03. The highest BCUT2D eigenvalue weighted by atomic mass is 19.1. The molecule has 1 spiro atoms. The van der Waals surface area contributed by atoms with Crippen LogP contribution in [0.25, 0.3) is 0 Å². The number of benzene rings is 1. The van der Waals surface area contributed by atoms with Crippen molar-refractivity contribution < 1.29 is 13.9 Å². The van der Waals surface area contributed by atoms with Crippen molar-refractivity contribution in [2.75, 3.05) is 13.2 Å². The fourth-order valence-electron chi connectivity index (χ4n) is 5.73. The first-order chi connectivity index (χ1) is 14.5. The second-order valence-corrected chi connectivity index (χ2v) is 9.61. The van der Waals surface area contributed by atoms with Crippen molar-refractivity contribution in [1.82, 2.24) is 4.90 Å². The third-order valence-corrected chi connectivity index (χ3v) is 7.77. The first-order valence-corrected chi connectivity index (χ1v) is 11.4. The number of amides is 1. The second kappa shape index (κ2) is 7.84. The third-order valence-electron chi connectivity index (χ3n) is 7.77. The zero-order valence-corrected chi connectivity index (χ0v) is 17.5. The van der Waals surface area contributed by atoms with Crippen LogP contribution in [0.5, 0.6) is 0 Å². The number of rotatable bonds is 3. The van der Waals surface area contributed by atoms with Crippen molar-refractivity contribution >= 4 is 6.09 Å². The third kappa shape index (κ3) is 3.58. The molecule has 1 heterocycles. The number of carbonyl (C=O) groups is 1. The Morgan fingerprint density at radius 2 is 1.97 bits per heavy atom. The molecular formula is C25H31FN2O2. The average molecular weight is 411 g/mol. The van der Waals surface area contributed by atoms with Crippen LogP contribution in [0.3, 0.4) is 0 Å². The lowest BCUT2D eigenvalue weighted by atomic mass is 9.71. The van der Waals surface area contributed by atoms with Crippen LogP contribution in [0.4, 0.5) is 9.18 Å². The van der Waals surface area contributed by atoms with Gasteiger partial charge in [0.25, 0.3) is 0 Å². The van der Waals surface area contributed by atoms with Gasteiger partial charge in [-0.25, -0.2) is 9.18 Å². The maximum atomic E-state index is 13.6. The summed E-state index contributed by atoms with van der Waals surface area (Å²) in [4.78, 5) is 14.9. The number of ether oxygens (including phenoxy) is 1. The fourth-order valence-corrected chi connectivity index (χ4v) is 5.73. The van der Waals surface area contributed by atoms with Gasteiger partial charge < -0.3 is 10.5 Å². The molecule has 0 unspecified atom stereocenters. The van der Waals surface area contributed by atoms with Gasteiger partial charge in [-0.3, -0.25) is 4.90 Å². The summed E-state index contributed by atoms with van der Waals surface area (Å²) < 4.78 is 19.3. The fraction of sp³-hybridized carbons (Fsp3) is 0.560. The minimum Gasteiger partial charge on any atom is -0.449 e. The van der Waals surface area contributed by atoms with Crippen molar-refractivity contribution in [2.45, 2.75) is 63.5 Å². The van der Waals surface area contributed by atoms with Gasteiger partial charge in [0.2, 0.25) is 0 Å². The molecule has 1 aromatic rings. The molecule has 2 saturated carbocycles. The number of halogens is 1. The second-order valence-electron chi connectivity index (χ2n) is 9.61. The number of hydrogen-bond donors (Lipinski definition) is 1. The number of allylic oxidation sites excluding steroid dienone is 1. The van der Waals surface area contributed by atoms with Crippen LogP contribution in [0.1, 0.15) is 63.0 Å². The van der Waals surface area contributed by atoms with Crippen LogP contribution in [0.15, 0.2) is 47.6 Å². The smallest absolute Gasteiger partial charge is 0.410 e. The van der Waals surface area contributed by atoms with Gasteiger partial charge >= 0.3 is 6.09 Å². The van der Waals surface area contributed by atoms with Crippen molar-refractivity contribution in [1.29, 1.82) is 0 Å². The molecule has 1 aliphatic heterocycles. The van der Waals surface area contributed by atoms with Crippen molar-refractivity contribution in [3.63, 3.8) is 0 Å². The molecular weight excluding hydrogens is 379 g/mol. The summed E-state index contributed by atoms with van der Waals surface area (Å²) in [6.07, 6.45) is 13.5. The molecule has 5 rings (SSSR count). The lowest BCUT2D eigenvalue weighted by Crippen LogP contribution is -2.45. The quantitative estimate of drug-likeness (QED) is 0.739. The van der Waals surface area contributed by atoms with E-state index in [2.05, 4.69) is 12.2 Å². The Balaban J connectivity index is 1.41. The van der Waals surface area contributed by atoms with E-state index in [1.54, 1.807) is 12.1 Å². The number of nitrogens with zero attached hydrogens (tertiary/aromatic N) is 1. The zero-order chi connectivity index (χ0) is 20.7. The lowest BCUT2D eigenvalue weighted by molar-refractivity contribution is 0.0552. The summed E-state index contributed by atoms with van der Waals surface area (Å²) in [5.41, 5.74) is 9.91. The van der Waals surface area contributed by atoms with Crippen LogP contribution in [0.2, 0.25) is 0 Å². The van der Waals surface area contributed by atoms with Crippen LogP contribution in [-0.2, 0) is 4.74 Å². The van der Waals surface area contributed by atoms with Gasteiger partial charge in [-0.05, 0) is 67.2 Å². The number of nitrogens with two attached hydrogens (primary N) is 1. The maximum Gasteiger partial charge on any atom is 0.410 e. The minimum atomic E-state index is -0.287. The van der Waals surface area contributed by atoms with Gasteiger partial charge in [-0.15, -0.1) is 0 Å². The Kier molecular flexibility index (Phi) is 5.18. The van der Waals surface area contributed by atoms with E-state index in [0.29, 0.717) is 18.6 Å². The molecule has 3 aliphatic carbocycles. The van der Waals surface area contributed by atoms with Gasteiger partial charge in [0.05, 0.1) is 12.6 Å². The van der Waals surface area contributed by atoms with Crippen molar-refractivity contribution in [3.05, 3.63) is 58.9 Å². The SMILES string of the molecule is N[C@H]1CC[C@H]1COC(=O)N1CCC2=C(C=CC3(CCCC3)C2)[C@@H]1c1ccc(F)cc1. The van der Waals surface area contributed by atoms with E-state index < -0.39 is 0 Å². The zero-order valence-electron chi connectivity index (χ0n) is 17.5. The van der Waals surface area contributed by atoms with Gasteiger partial charge in [0.1, 0.15) is 5.82 Å². The molecule has 3 atom stereocenters. The number of hydrogen-bond acceptors (Lipinski definition) is 3. The Hall–Kier alpha value is -2.14. The molecule has 30 heavy (non-hydrogen) atoms. The normalized spacial score (nSPS) is 29.7. The molecule has 4 aliphatic rings. The highest BCUT2D eigenvalue weighted by Crippen LogP contribution is 2.51. The highest BCUT2D eigenvalue weighted by Gasteiger charge is 2.41. The van der Waals surface area contributed by atoms with E-state index >= 15 is 0 Å². The van der Waals surface area contributed by atoms with E-state index in [1.807, 2.05) is 4.90 Å². The Morgan fingerprint density at radius 3 is 2.63 bits per heavy atom. The van der Waals surface area contributed by atoms with Gasteiger partial charge in [-0.2, -0.15) is 0 Å². The van der Waals surface area contributed by atoms with Gasteiger partial charge in [0.15, 0.2) is 0 Å².